The fraction of sp³-hybridized carbons (Fsp3) is 0.278. The Balaban J connectivity index is 1.52. The van der Waals surface area contributed by atoms with Gasteiger partial charge in [0, 0.05) is 6.54 Å². The van der Waals surface area contributed by atoms with E-state index in [1.54, 1.807) is 4.90 Å². The molecule has 1 unspecified atom stereocenters. The largest absolute Gasteiger partial charge is 0.490 e. The molecule has 1 amide bonds. The number of cyclic esters (lactones) is 1. The van der Waals surface area contributed by atoms with Gasteiger partial charge >= 0.3 is 6.09 Å². The fourth-order valence-corrected chi connectivity index (χ4v) is 2.42. The number of nitrogens with zero attached hydrogens (tertiary/aromatic N) is 1. The SMILES string of the molecule is Cc1ccc(OCC2CN(Cc3ccccc3)C(=O)O2)cc1. The summed E-state index contributed by atoms with van der Waals surface area (Å²) in [7, 11) is 0. The number of hydrogen-bond acceptors (Lipinski definition) is 3. The number of amides is 1. The number of ether oxygens (including phenoxy) is 2. The van der Waals surface area contributed by atoms with Crippen LogP contribution in [0.15, 0.2) is 54.6 Å². The molecule has 0 spiro atoms. The minimum absolute atomic E-state index is 0.225. The fourth-order valence-electron chi connectivity index (χ4n) is 2.42. The molecule has 1 aliphatic rings. The second-order valence-corrected chi connectivity index (χ2v) is 5.50. The van der Waals surface area contributed by atoms with E-state index in [1.165, 1.54) is 5.56 Å². The number of carbonyl (C=O) groups excluding carboxylic acids is 1. The van der Waals surface area contributed by atoms with Crippen LogP contribution in [0.3, 0.4) is 0 Å². The molecule has 0 radical (unpaired) electrons. The number of rotatable bonds is 5. The maximum absolute atomic E-state index is 11.9. The summed E-state index contributed by atoms with van der Waals surface area (Å²) in [5, 5.41) is 0. The Morgan fingerprint density at radius 2 is 1.86 bits per heavy atom. The summed E-state index contributed by atoms with van der Waals surface area (Å²) in [6, 6.07) is 17.7. The second-order valence-electron chi connectivity index (χ2n) is 5.50. The third-order valence-electron chi connectivity index (χ3n) is 3.62. The summed E-state index contributed by atoms with van der Waals surface area (Å²) in [4.78, 5) is 13.6. The molecule has 0 aromatic heterocycles. The first-order valence-electron chi connectivity index (χ1n) is 7.39. The molecular weight excluding hydrogens is 278 g/mol. The van der Waals surface area contributed by atoms with Crippen molar-refractivity contribution in [2.75, 3.05) is 13.2 Å². The third kappa shape index (κ3) is 3.58. The molecule has 4 heteroatoms. The quantitative estimate of drug-likeness (QED) is 0.849. The van der Waals surface area contributed by atoms with E-state index in [0.29, 0.717) is 19.7 Å². The van der Waals surface area contributed by atoms with Crippen LogP contribution in [0.1, 0.15) is 11.1 Å². The summed E-state index contributed by atoms with van der Waals surface area (Å²) in [5.41, 5.74) is 2.29. The highest BCUT2D eigenvalue weighted by atomic mass is 16.6. The summed E-state index contributed by atoms with van der Waals surface area (Å²) < 4.78 is 11.0. The second kappa shape index (κ2) is 6.52. The predicted octanol–water partition coefficient (Wildman–Crippen LogP) is 3.39. The molecule has 0 aliphatic carbocycles. The van der Waals surface area contributed by atoms with E-state index < -0.39 is 0 Å². The van der Waals surface area contributed by atoms with Crippen LogP contribution < -0.4 is 4.74 Å². The highest BCUT2D eigenvalue weighted by Gasteiger charge is 2.31. The number of benzene rings is 2. The lowest BCUT2D eigenvalue weighted by Gasteiger charge is -2.13. The standard InChI is InChI=1S/C18H19NO3/c1-14-7-9-16(10-8-14)21-13-17-12-19(18(20)22-17)11-15-5-3-2-4-6-15/h2-10,17H,11-13H2,1H3. The van der Waals surface area contributed by atoms with Gasteiger partial charge in [-0.2, -0.15) is 0 Å². The Hall–Kier alpha value is -2.49. The molecule has 0 bridgehead atoms. The summed E-state index contributed by atoms with van der Waals surface area (Å²) >= 11 is 0. The minimum atomic E-state index is -0.277. The van der Waals surface area contributed by atoms with Gasteiger partial charge < -0.3 is 14.4 Å². The van der Waals surface area contributed by atoms with Crippen molar-refractivity contribution in [3.8, 4) is 5.75 Å². The number of hydrogen-bond donors (Lipinski definition) is 0. The van der Waals surface area contributed by atoms with E-state index in [4.69, 9.17) is 9.47 Å². The van der Waals surface area contributed by atoms with Crippen molar-refractivity contribution in [3.63, 3.8) is 0 Å². The molecular formula is C18H19NO3. The maximum Gasteiger partial charge on any atom is 0.410 e. The molecule has 2 aromatic rings. The number of aryl methyl sites for hydroxylation is 1. The molecule has 114 valence electrons. The summed E-state index contributed by atoms with van der Waals surface area (Å²) in [6.45, 7) is 3.53. The Kier molecular flexibility index (Phi) is 4.28. The van der Waals surface area contributed by atoms with Gasteiger partial charge in [0.1, 0.15) is 12.4 Å². The molecule has 0 saturated carbocycles. The average molecular weight is 297 g/mol. The maximum atomic E-state index is 11.9. The first-order chi connectivity index (χ1) is 10.7. The van der Waals surface area contributed by atoms with Crippen LogP contribution in [-0.2, 0) is 11.3 Å². The molecule has 22 heavy (non-hydrogen) atoms. The summed E-state index contributed by atoms with van der Waals surface area (Å²) in [6.07, 6.45) is -0.501. The predicted molar refractivity (Wildman–Crippen MR) is 83.8 cm³/mol. The zero-order valence-electron chi connectivity index (χ0n) is 12.6. The van der Waals surface area contributed by atoms with E-state index in [1.807, 2.05) is 61.5 Å². The van der Waals surface area contributed by atoms with E-state index >= 15 is 0 Å². The van der Waals surface area contributed by atoms with Gasteiger partial charge in [-0.1, -0.05) is 48.0 Å². The van der Waals surface area contributed by atoms with Crippen molar-refractivity contribution in [2.24, 2.45) is 0 Å². The molecule has 0 N–H and O–H groups in total. The lowest BCUT2D eigenvalue weighted by Crippen LogP contribution is -2.26. The van der Waals surface area contributed by atoms with Gasteiger partial charge in [-0.25, -0.2) is 4.79 Å². The van der Waals surface area contributed by atoms with Crippen LogP contribution in [0.2, 0.25) is 0 Å². The Labute approximate surface area is 130 Å². The van der Waals surface area contributed by atoms with Crippen LogP contribution in [-0.4, -0.2) is 30.2 Å². The van der Waals surface area contributed by atoms with Crippen molar-refractivity contribution in [3.05, 3.63) is 65.7 Å². The van der Waals surface area contributed by atoms with Crippen molar-refractivity contribution < 1.29 is 14.3 Å². The van der Waals surface area contributed by atoms with Gasteiger partial charge in [0.15, 0.2) is 6.10 Å². The van der Waals surface area contributed by atoms with E-state index in [-0.39, 0.29) is 12.2 Å². The van der Waals surface area contributed by atoms with E-state index in [9.17, 15) is 4.79 Å². The lowest BCUT2D eigenvalue weighted by molar-refractivity contribution is 0.102. The van der Waals surface area contributed by atoms with Crippen LogP contribution in [0.4, 0.5) is 4.79 Å². The molecule has 1 atom stereocenters. The molecule has 3 rings (SSSR count). The lowest BCUT2D eigenvalue weighted by atomic mass is 10.2. The van der Waals surface area contributed by atoms with Crippen molar-refractivity contribution in [2.45, 2.75) is 19.6 Å². The van der Waals surface area contributed by atoms with Gasteiger partial charge in [0.2, 0.25) is 0 Å². The minimum Gasteiger partial charge on any atom is -0.490 e. The smallest absolute Gasteiger partial charge is 0.410 e. The van der Waals surface area contributed by atoms with Gasteiger partial charge in [0.05, 0.1) is 6.54 Å². The highest BCUT2D eigenvalue weighted by Crippen LogP contribution is 2.17. The van der Waals surface area contributed by atoms with Crippen LogP contribution in [0, 0.1) is 6.92 Å². The molecule has 1 fully saturated rings. The molecule has 1 aliphatic heterocycles. The van der Waals surface area contributed by atoms with Gasteiger partial charge in [-0.05, 0) is 24.6 Å². The zero-order chi connectivity index (χ0) is 15.4. The number of carbonyl (C=O) groups is 1. The molecule has 2 aromatic carbocycles. The average Bonchev–Trinajstić information content (AvgIpc) is 2.88. The topological polar surface area (TPSA) is 38.8 Å². The summed E-state index contributed by atoms with van der Waals surface area (Å²) in [5.74, 6) is 0.795. The normalized spacial score (nSPS) is 17.4. The van der Waals surface area contributed by atoms with Gasteiger partial charge in [-0.3, -0.25) is 0 Å². The first-order valence-corrected chi connectivity index (χ1v) is 7.39. The Bertz CT molecular complexity index is 625. The van der Waals surface area contributed by atoms with Crippen molar-refractivity contribution in [1.82, 2.24) is 4.90 Å². The molecule has 1 heterocycles. The monoisotopic (exact) mass is 297 g/mol. The zero-order valence-corrected chi connectivity index (χ0v) is 12.6. The van der Waals surface area contributed by atoms with Crippen molar-refractivity contribution >= 4 is 6.09 Å². The van der Waals surface area contributed by atoms with Crippen LogP contribution >= 0.6 is 0 Å². The van der Waals surface area contributed by atoms with Gasteiger partial charge in [-0.15, -0.1) is 0 Å². The van der Waals surface area contributed by atoms with Crippen LogP contribution in [0.5, 0.6) is 5.75 Å². The van der Waals surface area contributed by atoms with Crippen LogP contribution in [0.25, 0.3) is 0 Å². The Morgan fingerprint density at radius 3 is 2.59 bits per heavy atom. The first kappa shape index (κ1) is 14.4. The van der Waals surface area contributed by atoms with Gasteiger partial charge in [0.25, 0.3) is 0 Å². The molecule has 4 nitrogen and oxygen atoms in total. The van der Waals surface area contributed by atoms with E-state index in [0.717, 1.165) is 11.3 Å². The highest BCUT2D eigenvalue weighted by molar-refractivity contribution is 5.69. The third-order valence-corrected chi connectivity index (χ3v) is 3.62. The van der Waals surface area contributed by atoms with E-state index in [2.05, 4.69) is 0 Å². The Morgan fingerprint density at radius 1 is 1.14 bits per heavy atom. The molecule has 1 saturated heterocycles. The van der Waals surface area contributed by atoms with Crippen molar-refractivity contribution in [1.29, 1.82) is 0 Å².